The fourth-order valence-electron chi connectivity index (χ4n) is 2.23. The minimum Gasteiger partial charge on any atom is -0.380 e. The van der Waals surface area contributed by atoms with Gasteiger partial charge < -0.3 is 15.0 Å². The van der Waals surface area contributed by atoms with E-state index in [2.05, 4.69) is 16.3 Å². The first-order chi connectivity index (χ1) is 9.70. The van der Waals surface area contributed by atoms with Crippen LogP contribution in [0, 0.1) is 11.3 Å². The zero-order valence-corrected chi connectivity index (χ0v) is 11.6. The normalized spacial score (nSPS) is 17.9. The summed E-state index contributed by atoms with van der Waals surface area (Å²) < 4.78 is 5.33. The van der Waals surface area contributed by atoms with Crippen LogP contribution >= 0.6 is 0 Å². The van der Waals surface area contributed by atoms with Crippen LogP contribution in [0.2, 0.25) is 0 Å². The Balaban J connectivity index is 1.82. The van der Waals surface area contributed by atoms with E-state index in [1.807, 2.05) is 7.05 Å². The van der Waals surface area contributed by atoms with Gasteiger partial charge in [0.2, 0.25) is 5.91 Å². The molecule has 1 atom stereocenters. The Hall–Kier alpha value is -1.90. The van der Waals surface area contributed by atoms with Crippen LogP contribution in [0.3, 0.4) is 0 Å². The third-order valence-corrected chi connectivity index (χ3v) is 3.54. The summed E-state index contributed by atoms with van der Waals surface area (Å²) >= 11 is 0. The maximum absolute atomic E-state index is 11.9. The quantitative estimate of drug-likeness (QED) is 0.885. The van der Waals surface area contributed by atoms with Gasteiger partial charge >= 0.3 is 0 Å². The second-order valence-corrected chi connectivity index (χ2v) is 4.95. The highest BCUT2D eigenvalue weighted by atomic mass is 16.5. The standard InChI is InChI=1S/C15H19N3O2/c1-18(13-7-9-20-11-13)8-6-15(19)17-14-5-3-2-4-12(14)10-16/h2-5,13H,6-9,11H2,1H3,(H,17,19). The Labute approximate surface area is 119 Å². The summed E-state index contributed by atoms with van der Waals surface area (Å²) in [6, 6.07) is 9.50. The van der Waals surface area contributed by atoms with Crippen molar-refractivity contribution in [3.8, 4) is 6.07 Å². The Bertz CT molecular complexity index is 504. The second-order valence-electron chi connectivity index (χ2n) is 4.95. The maximum Gasteiger partial charge on any atom is 0.225 e. The van der Waals surface area contributed by atoms with E-state index in [-0.39, 0.29) is 5.91 Å². The van der Waals surface area contributed by atoms with Crippen molar-refractivity contribution >= 4 is 11.6 Å². The summed E-state index contributed by atoms with van der Waals surface area (Å²) in [4.78, 5) is 14.1. The molecule has 1 aliphatic heterocycles. The number of nitrogens with zero attached hydrogens (tertiary/aromatic N) is 2. The Morgan fingerprint density at radius 1 is 1.55 bits per heavy atom. The van der Waals surface area contributed by atoms with Gasteiger partial charge in [0.1, 0.15) is 6.07 Å². The van der Waals surface area contributed by atoms with E-state index in [0.29, 0.717) is 30.3 Å². The highest BCUT2D eigenvalue weighted by Gasteiger charge is 2.20. The molecule has 1 aromatic carbocycles. The number of hydrogen-bond donors (Lipinski definition) is 1. The maximum atomic E-state index is 11.9. The molecule has 0 aromatic heterocycles. The largest absolute Gasteiger partial charge is 0.380 e. The van der Waals surface area contributed by atoms with Crippen LogP contribution in [0.25, 0.3) is 0 Å². The summed E-state index contributed by atoms with van der Waals surface area (Å²) in [7, 11) is 2.01. The number of anilines is 1. The average Bonchev–Trinajstić information content (AvgIpc) is 2.99. The summed E-state index contributed by atoms with van der Waals surface area (Å²) in [5.74, 6) is -0.0709. The van der Waals surface area contributed by atoms with Crippen LogP contribution in [0.15, 0.2) is 24.3 Å². The minimum atomic E-state index is -0.0709. The smallest absolute Gasteiger partial charge is 0.225 e. The van der Waals surface area contributed by atoms with Crippen LogP contribution in [0.5, 0.6) is 0 Å². The molecule has 106 valence electrons. The predicted octanol–water partition coefficient (Wildman–Crippen LogP) is 1.61. The molecule has 1 aliphatic rings. The summed E-state index contributed by atoms with van der Waals surface area (Å²) in [6.07, 6.45) is 1.43. The van der Waals surface area contributed by atoms with Crippen molar-refractivity contribution in [2.45, 2.75) is 18.9 Å². The third-order valence-electron chi connectivity index (χ3n) is 3.54. The molecule has 2 rings (SSSR count). The lowest BCUT2D eigenvalue weighted by atomic mass is 10.2. The van der Waals surface area contributed by atoms with Crippen LogP contribution in [-0.4, -0.2) is 43.7 Å². The van der Waals surface area contributed by atoms with Crippen molar-refractivity contribution in [1.82, 2.24) is 4.90 Å². The number of ether oxygens (including phenoxy) is 1. The first-order valence-corrected chi connectivity index (χ1v) is 6.77. The number of para-hydroxylation sites is 1. The van der Waals surface area contributed by atoms with Gasteiger partial charge in [0.25, 0.3) is 0 Å². The minimum absolute atomic E-state index is 0.0709. The molecule has 5 nitrogen and oxygen atoms in total. The fraction of sp³-hybridized carbons (Fsp3) is 0.467. The average molecular weight is 273 g/mol. The molecule has 1 fully saturated rings. The van der Waals surface area contributed by atoms with Gasteiger partial charge in [-0.2, -0.15) is 5.26 Å². The highest BCUT2D eigenvalue weighted by Crippen LogP contribution is 2.14. The lowest BCUT2D eigenvalue weighted by molar-refractivity contribution is -0.116. The van der Waals surface area contributed by atoms with Gasteiger partial charge in [-0.25, -0.2) is 0 Å². The number of carbonyl (C=O) groups is 1. The van der Waals surface area contributed by atoms with Gasteiger partial charge in [-0.05, 0) is 25.6 Å². The van der Waals surface area contributed by atoms with E-state index in [1.165, 1.54) is 0 Å². The van der Waals surface area contributed by atoms with E-state index < -0.39 is 0 Å². The van der Waals surface area contributed by atoms with Gasteiger partial charge in [-0.1, -0.05) is 12.1 Å². The number of nitriles is 1. The summed E-state index contributed by atoms with van der Waals surface area (Å²) in [5.41, 5.74) is 1.06. The van der Waals surface area contributed by atoms with Gasteiger partial charge in [-0.15, -0.1) is 0 Å². The first-order valence-electron chi connectivity index (χ1n) is 6.77. The molecule has 0 bridgehead atoms. The van der Waals surface area contributed by atoms with E-state index in [0.717, 1.165) is 19.6 Å². The van der Waals surface area contributed by atoms with Crippen LogP contribution in [0.1, 0.15) is 18.4 Å². The number of nitrogens with one attached hydrogen (secondary N) is 1. The van der Waals surface area contributed by atoms with E-state index in [1.54, 1.807) is 24.3 Å². The highest BCUT2D eigenvalue weighted by molar-refractivity contribution is 5.92. The number of hydrogen-bond acceptors (Lipinski definition) is 4. The number of amides is 1. The molecule has 5 heteroatoms. The van der Waals surface area contributed by atoms with Crippen molar-refractivity contribution in [2.24, 2.45) is 0 Å². The van der Waals surface area contributed by atoms with Gasteiger partial charge in [-0.3, -0.25) is 4.79 Å². The monoisotopic (exact) mass is 273 g/mol. The number of likely N-dealkylation sites (N-methyl/N-ethyl adjacent to an activating group) is 1. The van der Waals surface area contributed by atoms with Crippen molar-refractivity contribution in [3.63, 3.8) is 0 Å². The first kappa shape index (κ1) is 14.5. The zero-order chi connectivity index (χ0) is 14.4. The molecule has 0 aliphatic carbocycles. The van der Waals surface area contributed by atoms with Gasteiger partial charge in [0, 0.05) is 25.6 Å². The molecule has 1 heterocycles. The third kappa shape index (κ3) is 3.80. The van der Waals surface area contributed by atoms with E-state index in [4.69, 9.17) is 10.00 Å². The number of rotatable bonds is 5. The Kier molecular flexibility index (Phi) is 5.10. The molecule has 0 saturated carbocycles. The Morgan fingerprint density at radius 2 is 2.35 bits per heavy atom. The lowest BCUT2D eigenvalue weighted by Crippen LogP contribution is -2.34. The predicted molar refractivity (Wildman–Crippen MR) is 76.3 cm³/mol. The molecule has 20 heavy (non-hydrogen) atoms. The zero-order valence-electron chi connectivity index (χ0n) is 11.6. The van der Waals surface area contributed by atoms with Crippen LogP contribution < -0.4 is 5.32 Å². The second kappa shape index (κ2) is 7.04. The van der Waals surface area contributed by atoms with Crippen molar-refractivity contribution < 1.29 is 9.53 Å². The van der Waals surface area contributed by atoms with Crippen molar-refractivity contribution in [2.75, 3.05) is 32.1 Å². The molecular weight excluding hydrogens is 254 g/mol. The molecule has 1 unspecified atom stereocenters. The molecule has 1 amide bonds. The summed E-state index contributed by atoms with van der Waals surface area (Å²) in [5, 5.41) is 11.8. The van der Waals surface area contributed by atoms with Crippen molar-refractivity contribution in [3.05, 3.63) is 29.8 Å². The molecule has 1 N–H and O–H groups in total. The van der Waals surface area contributed by atoms with Crippen LogP contribution in [0.4, 0.5) is 5.69 Å². The van der Waals surface area contributed by atoms with Gasteiger partial charge in [0.05, 0.1) is 17.9 Å². The summed E-state index contributed by atoms with van der Waals surface area (Å²) in [6.45, 7) is 2.24. The molecular formula is C15H19N3O2. The molecule has 1 aromatic rings. The fourth-order valence-corrected chi connectivity index (χ4v) is 2.23. The van der Waals surface area contributed by atoms with Gasteiger partial charge in [0.15, 0.2) is 0 Å². The molecule has 1 saturated heterocycles. The Morgan fingerprint density at radius 3 is 3.05 bits per heavy atom. The van der Waals surface area contributed by atoms with Crippen molar-refractivity contribution in [1.29, 1.82) is 5.26 Å². The van der Waals surface area contributed by atoms with E-state index >= 15 is 0 Å². The molecule has 0 radical (unpaired) electrons. The number of benzene rings is 1. The van der Waals surface area contributed by atoms with E-state index in [9.17, 15) is 4.79 Å². The lowest BCUT2D eigenvalue weighted by Gasteiger charge is -2.22. The topological polar surface area (TPSA) is 65.4 Å². The molecule has 0 spiro atoms. The van der Waals surface area contributed by atoms with Crippen LogP contribution in [-0.2, 0) is 9.53 Å². The number of carbonyl (C=O) groups excluding carboxylic acids is 1. The SMILES string of the molecule is CN(CCC(=O)Nc1ccccc1C#N)C1CCOC1.